The van der Waals surface area contributed by atoms with Crippen LogP contribution in [0.5, 0.6) is 0 Å². The van der Waals surface area contributed by atoms with E-state index in [0.717, 1.165) is 11.1 Å². The maximum Gasteiger partial charge on any atom is 0.416 e. The third-order valence-corrected chi connectivity index (χ3v) is 4.24. The molecule has 1 N–H and O–H groups in total. The van der Waals surface area contributed by atoms with E-state index in [9.17, 15) is 22.8 Å². The second-order valence-electron chi connectivity index (χ2n) is 7.36. The fraction of sp³-hybridized carbons (Fsp3) is 0.500. The SMILES string of the molecule is C=C(CC(C)C)/C(=C\C=C(\NN1C(=O)C(C)=C(C)C1=O)C(C)C)C(F)(F)F. The summed E-state index contributed by atoms with van der Waals surface area (Å²) in [6.45, 7) is 13.8. The molecule has 0 aromatic rings. The Morgan fingerprint density at radius 2 is 1.56 bits per heavy atom. The van der Waals surface area contributed by atoms with Crippen molar-refractivity contribution >= 4 is 11.8 Å². The first-order valence-corrected chi connectivity index (χ1v) is 8.77. The number of hydrogen-bond donors (Lipinski definition) is 1. The molecule has 1 aliphatic rings. The minimum atomic E-state index is -4.54. The Labute approximate surface area is 158 Å². The van der Waals surface area contributed by atoms with Crippen LogP contribution in [-0.4, -0.2) is 23.0 Å². The fourth-order valence-corrected chi connectivity index (χ4v) is 2.53. The predicted molar refractivity (Wildman–Crippen MR) is 99.0 cm³/mol. The van der Waals surface area contributed by atoms with E-state index in [2.05, 4.69) is 12.0 Å². The molecule has 1 aliphatic heterocycles. The number of imide groups is 1. The van der Waals surface area contributed by atoms with Crippen molar-refractivity contribution in [2.45, 2.75) is 54.1 Å². The lowest BCUT2D eigenvalue weighted by Crippen LogP contribution is -2.44. The van der Waals surface area contributed by atoms with Gasteiger partial charge in [-0.3, -0.25) is 15.0 Å². The number of nitrogens with one attached hydrogen (secondary N) is 1. The molecule has 0 radical (unpaired) electrons. The molecule has 7 heteroatoms. The molecule has 0 atom stereocenters. The van der Waals surface area contributed by atoms with Gasteiger partial charge in [0.1, 0.15) is 0 Å². The summed E-state index contributed by atoms with van der Waals surface area (Å²) in [6, 6.07) is 0. The number of hydrazine groups is 1. The lowest BCUT2D eigenvalue weighted by molar-refractivity contribution is -0.140. The molecule has 0 fully saturated rings. The van der Waals surface area contributed by atoms with Gasteiger partial charge in [-0.05, 0) is 49.8 Å². The maximum atomic E-state index is 13.4. The monoisotopic (exact) mass is 384 g/mol. The minimum absolute atomic E-state index is 0.00135. The van der Waals surface area contributed by atoms with Crippen LogP contribution >= 0.6 is 0 Å². The number of hydrogen-bond acceptors (Lipinski definition) is 3. The van der Waals surface area contributed by atoms with Gasteiger partial charge in [0.2, 0.25) is 0 Å². The molecule has 0 saturated heterocycles. The van der Waals surface area contributed by atoms with Gasteiger partial charge < -0.3 is 0 Å². The number of halogens is 3. The lowest BCUT2D eigenvalue weighted by Gasteiger charge is -2.22. The Morgan fingerprint density at radius 3 is 1.93 bits per heavy atom. The summed E-state index contributed by atoms with van der Waals surface area (Å²) in [7, 11) is 0. The number of carbonyl (C=O) groups is 2. The number of rotatable bonds is 7. The van der Waals surface area contributed by atoms with E-state index in [1.165, 1.54) is 19.9 Å². The summed E-state index contributed by atoms with van der Waals surface area (Å²) in [5.74, 6) is -1.22. The molecule has 0 aromatic heterocycles. The van der Waals surface area contributed by atoms with E-state index in [1.807, 2.05) is 13.8 Å². The summed E-state index contributed by atoms with van der Waals surface area (Å²) in [6.07, 6.45) is -2.12. The quantitative estimate of drug-likeness (QED) is 0.505. The molecule has 27 heavy (non-hydrogen) atoms. The number of nitrogens with zero attached hydrogens (tertiary/aromatic N) is 1. The number of amides is 2. The third-order valence-electron chi connectivity index (χ3n) is 4.24. The Bertz CT molecular complexity index is 702. The van der Waals surface area contributed by atoms with Crippen LogP contribution < -0.4 is 5.43 Å². The van der Waals surface area contributed by atoms with Crippen molar-refractivity contribution < 1.29 is 22.8 Å². The molecule has 1 rings (SSSR count). The van der Waals surface area contributed by atoms with Crippen LogP contribution in [0, 0.1) is 11.8 Å². The maximum absolute atomic E-state index is 13.4. The molecule has 150 valence electrons. The van der Waals surface area contributed by atoms with Crippen molar-refractivity contribution in [1.82, 2.24) is 10.4 Å². The van der Waals surface area contributed by atoms with Gasteiger partial charge in [0, 0.05) is 16.8 Å². The van der Waals surface area contributed by atoms with Gasteiger partial charge in [-0.15, -0.1) is 0 Å². The van der Waals surface area contributed by atoms with Crippen molar-refractivity contribution in [2.75, 3.05) is 0 Å². The molecular weight excluding hydrogens is 357 g/mol. The van der Waals surface area contributed by atoms with Gasteiger partial charge in [-0.2, -0.15) is 18.2 Å². The first-order valence-electron chi connectivity index (χ1n) is 8.77. The van der Waals surface area contributed by atoms with Crippen LogP contribution in [0.25, 0.3) is 0 Å². The van der Waals surface area contributed by atoms with Crippen LogP contribution in [-0.2, 0) is 9.59 Å². The van der Waals surface area contributed by atoms with Crippen molar-refractivity contribution in [2.24, 2.45) is 11.8 Å². The molecule has 0 aromatic carbocycles. The van der Waals surface area contributed by atoms with Crippen molar-refractivity contribution in [3.63, 3.8) is 0 Å². The normalized spacial score (nSPS) is 16.9. The first kappa shape index (κ1) is 22.7. The van der Waals surface area contributed by atoms with Crippen LogP contribution in [0.3, 0.4) is 0 Å². The first-order chi connectivity index (χ1) is 12.3. The zero-order valence-corrected chi connectivity index (χ0v) is 16.6. The molecule has 0 spiro atoms. The standard InChI is InChI=1S/C20H27F3N2O2/c1-11(2)10-13(5)16(20(21,22)23)8-9-17(12(3)4)24-25-18(26)14(6)15(7)19(25)27/h8-9,11-12,24H,5,10H2,1-4,6-7H3/b16-8+,17-9+. The fourth-order valence-electron chi connectivity index (χ4n) is 2.53. The molecule has 4 nitrogen and oxygen atoms in total. The number of allylic oxidation sites excluding steroid dienone is 5. The second kappa shape index (κ2) is 8.59. The molecule has 2 amide bonds. The highest BCUT2D eigenvalue weighted by atomic mass is 19.4. The summed E-state index contributed by atoms with van der Waals surface area (Å²) >= 11 is 0. The molecule has 1 heterocycles. The largest absolute Gasteiger partial charge is 0.416 e. The van der Waals surface area contributed by atoms with Gasteiger partial charge in [0.25, 0.3) is 11.8 Å². The average molecular weight is 384 g/mol. The van der Waals surface area contributed by atoms with Crippen molar-refractivity contribution in [3.05, 3.63) is 46.7 Å². The highest BCUT2D eigenvalue weighted by Gasteiger charge is 2.36. The molecule has 0 unspecified atom stereocenters. The zero-order chi connectivity index (χ0) is 21.1. The highest BCUT2D eigenvalue weighted by Crippen LogP contribution is 2.33. The minimum Gasteiger partial charge on any atom is -0.292 e. The Hall–Kier alpha value is -2.31. The summed E-state index contributed by atoms with van der Waals surface area (Å²) in [4.78, 5) is 24.3. The lowest BCUT2D eigenvalue weighted by atomic mass is 9.96. The Balaban J connectivity index is 3.20. The van der Waals surface area contributed by atoms with Gasteiger partial charge in [-0.25, -0.2) is 0 Å². The van der Waals surface area contributed by atoms with Gasteiger partial charge >= 0.3 is 6.18 Å². The topological polar surface area (TPSA) is 49.4 Å². The average Bonchev–Trinajstić information content (AvgIpc) is 2.69. The summed E-state index contributed by atoms with van der Waals surface area (Å²) in [5.41, 5.74) is 2.80. The van der Waals surface area contributed by atoms with Crippen LogP contribution in [0.4, 0.5) is 13.2 Å². The molecular formula is C20H27F3N2O2. The van der Waals surface area contributed by atoms with E-state index >= 15 is 0 Å². The van der Waals surface area contributed by atoms with E-state index in [0.29, 0.717) is 16.8 Å². The second-order valence-corrected chi connectivity index (χ2v) is 7.36. The summed E-state index contributed by atoms with van der Waals surface area (Å²) < 4.78 is 40.2. The molecule has 0 saturated carbocycles. The highest BCUT2D eigenvalue weighted by molar-refractivity contribution is 6.18. The number of carbonyl (C=O) groups excluding carboxylic acids is 2. The molecule has 0 aliphatic carbocycles. The van der Waals surface area contributed by atoms with Crippen molar-refractivity contribution in [3.8, 4) is 0 Å². The third kappa shape index (κ3) is 5.58. The van der Waals surface area contributed by atoms with E-state index in [-0.39, 0.29) is 23.8 Å². The zero-order valence-electron chi connectivity index (χ0n) is 16.6. The van der Waals surface area contributed by atoms with Crippen LogP contribution in [0.2, 0.25) is 0 Å². The van der Waals surface area contributed by atoms with E-state index < -0.39 is 23.6 Å². The van der Waals surface area contributed by atoms with Crippen LogP contribution in [0.15, 0.2) is 46.7 Å². The molecule has 0 bridgehead atoms. The van der Waals surface area contributed by atoms with E-state index in [4.69, 9.17) is 0 Å². The van der Waals surface area contributed by atoms with Gasteiger partial charge in [0.05, 0.1) is 5.57 Å². The Morgan fingerprint density at radius 1 is 1.07 bits per heavy atom. The van der Waals surface area contributed by atoms with Crippen LogP contribution in [0.1, 0.15) is 48.0 Å². The Kier molecular flexibility index (Phi) is 7.23. The van der Waals surface area contributed by atoms with Crippen molar-refractivity contribution in [1.29, 1.82) is 0 Å². The van der Waals surface area contributed by atoms with Gasteiger partial charge in [-0.1, -0.05) is 34.3 Å². The number of alkyl halides is 3. The summed E-state index contributed by atoms with van der Waals surface area (Å²) in [5, 5.41) is 0.834. The predicted octanol–water partition coefficient (Wildman–Crippen LogP) is 4.83. The van der Waals surface area contributed by atoms with Gasteiger partial charge in [0.15, 0.2) is 0 Å². The van der Waals surface area contributed by atoms with E-state index in [1.54, 1.807) is 13.8 Å². The smallest absolute Gasteiger partial charge is 0.292 e.